The van der Waals surface area contributed by atoms with Crippen LogP contribution < -0.4 is 0 Å². The largest absolute Gasteiger partial charge is 0.507 e. The monoisotopic (exact) mass is 262 g/mol. The van der Waals surface area contributed by atoms with Gasteiger partial charge in [0, 0.05) is 21.3 Å². The van der Waals surface area contributed by atoms with E-state index in [1.54, 1.807) is 21.3 Å². The first-order valence-corrected chi connectivity index (χ1v) is 7.71. The average molecular weight is 262 g/mol. The molecule has 17 heavy (non-hydrogen) atoms. The first-order chi connectivity index (χ1) is 8.19. The summed E-state index contributed by atoms with van der Waals surface area (Å²) in [5, 5.41) is 0. The van der Waals surface area contributed by atoms with E-state index >= 15 is 0 Å². The molecule has 0 spiro atoms. The van der Waals surface area contributed by atoms with Crippen molar-refractivity contribution in [2.75, 3.05) is 34.5 Å². The summed E-state index contributed by atoms with van der Waals surface area (Å²) in [7, 11) is 2.21. The van der Waals surface area contributed by atoms with Crippen molar-refractivity contribution in [1.29, 1.82) is 0 Å². The van der Waals surface area contributed by atoms with E-state index in [2.05, 4.69) is 6.92 Å². The SMILES string of the molecule is CCC=C(C[Si](OC)(OC)OC)OCC1CO1. The van der Waals surface area contributed by atoms with Gasteiger partial charge < -0.3 is 22.8 Å². The van der Waals surface area contributed by atoms with Crippen LogP contribution in [0.15, 0.2) is 11.8 Å². The standard InChI is InChI=1S/C11H22O5Si/c1-5-6-10(15-7-11-8-16-11)9-17(12-2,13-3)14-4/h6,11H,5,7-9H2,1-4H3. The first-order valence-electron chi connectivity index (χ1n) is 5.78. The molecule has 1 aliphatic heterocycles. The van der Waals surface area contributed by atoms with Gasteiger partial charge in [-0.15, -0.1) is 0 Å². The summed E-state index contributed by atoms with van der Waals surface area (Å²) in [6.07, 6.45) is 3.18. The molecule has 0 radical (unpaired) electrons. The number of allylic oxidation sites excluding steroid dienone is 2. The summed E-state index contributed by atoms with van der Waals surface area (Å²) in [6, 6.07) is 0.553. The number of hydrogen-bond donors (Lipinski definition) is 0. The fourth-order valence-corrected chi connectivity index (χ4v) is 3.06. The van der Waals surface area contributed by atoms with Gasteiger partial charge in [0.15, 0.2) is 0 Å². The van der Waals surface area contributed by atoms with Crippen LogP contribution in [0.25, 0.3) is 0 Å². The van der Waals surface area contributed by atoms with E-state index in [0.717, 1.165) is 18.8 Å². The molecule has 100 valence electrons. The smallest absolute Gasteiger partial charge is 0.495 e. The van der Waals surface area contributed by atoms with Gasteiger partial charge in [-0.3, -0.25) is 0 Å². The quantitative estimate of drug-likeness (QED) is 0.359. The second-order valence-electron chi connectivity index (χ2n) is 3.82. The van der Waals surface area contributed by atoms with Gasteiger partial charge >= 0.3 is 8.80 Å². The minimum absolute atomic E-state index is 0.249. The lowest BCUT2D eigenvalue weighted by atomic mass is 10.4. The van der Waals surface area contributed by atoms with E-state index in [9.17, 15) is 0 Å². The Labute approximate surface area is 104 Å². The maximum absolute atomic E-state index is 5.70. The van der Waals surface area contributed by atoms with E-state index in [-0.39, 0.29) is 6.10 Å². The lowest BCUT2D eigenvalue weighted by molar-refractivity contribution is 0.114. The third kappa shape index (κ3) is 4.77. The fraction of sp³-hybridized carbons (Fsp3) is 0.818. The molecule has 0 N–H and O–H groups in total. The van der Waals surface area contributed by atoms with Crippen molar-refractivity contribution in [3.8, 4) is 0 Å². The molecule has 0 bridgehead atoms. The Morgan fingerprint density at radius 1 is 1.29 bits per heavy atom. The van der Waals surface area contributed by atoms with E-state index < -0.39 is 8.80 Å². The highest BCUT2D eigenvalue weighted by Crippen LogP contribution is 2.22. The molecule has 0 saturated carbocycles. The first kappa shape index (κ1) is 14.7. The molecule has 1 aliphatic rings. The summed E-state index contributed by atoms with van der Waals surface area (Å²) >= 11 is 0. The zero-order chi connectivity index (χ0) is 12.7. The zero-order valence-electron chi connectivity index (χ0n) is 11.0. The summed E-state index contributed by atoms with van der Waals surface area (Å²) < 4.78 is 26.9. The highest BCUT2D eigenvalue weighted by molar-refractivity contribution is 6.61. The van der Waals surface area contributed by atoms with Crippen LogP contribution in [0.5, 0.6) is 0 Å². The van der Waals surface area contributed by atoms with Crippen LogP contribution in [-0.2, 0) is 22.8 Å². The molecule has 1 unspecified atom stereocenters. The molecule has 0 aromatic rings. The van der Waals surface area contributed by atoms with Crippen LogP contribution in [0.3, 0.4) is 0 Å². The highest BCUT2D eigenvalue weighted by atomic mass is 28.4. The number of rotatable bonds is 9. The van der Waals surface area contributed by atoms with Crippen LogP contribution in [0.1, 0.15) is 13.3 Å². The number of hydrogen-bond acceptors (Lipinski definition) is 5. The molecule has 1 fully saturated rings. The van der Waals surface area contributed by atoms with Crippen molar-refractivity contribution < 1.29 is 22.8 Å². The molecule has 1 saturated heterocycles. The van der Waals surface area contributed by atoms with Gasteiger partial charge in [0.2, 0.25) is 0 Å². The van der Waals surface area contributed by atoms with Gasteiger partial charge in [0.25, 0.3) is 0 Å². The molecule has 0 aromatic heterocycles. The summed E-state index contributed by atoms with van der Waals surface area (Å²) in [6.45, 7) is 3.45. The Morgan fingerprint density at radius 2 is 1.88 bits per heavy atom. The van der Waals surface area contributed by atoms with E-state index in [1.165, 1.54) is 0 Å². The lowest BCUT2D eigenvalue weighted by Crippen LogP contribution is -2.43. The molecule has 1 atom stereocenters. The van der Waals surface area contributed by atoms with Crippen LogP contribution in [0.4, 0.5) is 0 Å². The van der Waals surface area contributed by atoms with Crippen molar-refractivity contribution in [2.45, 2.75) is 25.5 Å². The minimum Gasteiger partial charge on any atom is -0.495 e. The van der Waals surface area contributed by atoms with Crippen LogP contribution in [0, 0.1) is 0 Å². The molecular formula is C11H22O5Si. The summed E-state index contributed by atoms with van der Waals surface area (Å²) in [5.74, 6) is 0.861. The van der Waals surface area contributed by atoms with Gasteiger partial charge in [0.05, 0.1) is 18.4 Å². The van der Waals surface area contributed by atoms with Gasteiger partial charge in [-0.1, -0.05) is 6.92 Å². The highest BCUT2D eigenvalue weighted by Gasteiger charge is 2.40. The van der Waals surface area contributed by atoms with Gasteiger partial charge in [0.1, 0.15) is 12.7 Å². The van der Waals surface area contributed by atoms with Crippen LogP contribution in [-0.4, -0.2) is 49.5 Å². The third-order valence-corrected chi connectivity index (χ3v) is 5.26. The van der Waals surface area contributed by atoms with Crippen LogP contribution in [0.2, 0.25) is 6.04 Å². The van der Waals surface area contributed by atoms with Gasteiger partial charge in [-0.2, -0.15) is 0 Å². The maximum atomic E-state index is 5.70. The summed E-state index contributed by atoms with van der Waals surface area (Å²) in [5.41, 5.74) is 0. The average Bonchev–Trinajstić information content (AvgIpc) is 3.17. The lowest BCUT2D eigenvalue weighted by Gasteiger charge is -2.25. The van der Waals surface area contributed by atoms with Crippen molar-refractivity contribution in [3.63, 3.8) is 0 Å². The van der Waals surface area contributed by atoms with Crippen molar-refractivity contribution >= 4 is 8.80 Å². The second-order valence-corrected chi connectivity index (χ2v) is 6.76. The fourth-order valence-electron chi connectivity index (χ4n) is 1.45. The van der Waals surface area contributed by atoms with Gasteiger partial charge in [-0.05, 0) is 12.5 Å². The molecule has 1 heterocycles. The van der Waals surface area contributed by atoms with Crippen molar-refractivity contribution in [3.05, 3.63) is 11.8 Å². The predicted molar refractivity (Wildman–Crippen MR) is 65.7 cm³/mol. The van der Waals surface area contributed by atoms with E-state index in [1.807, 2.05) is 6.08 Å². The van der Waals surface area contributed by atoms with Crippen molar-refractivity contribution in [2.24, 2.45) is 0 Å². The molecule has 0 aliphatic carbocycles. The Morgan fingerprint density at radius 3 is 2.29 bits per heavy atom. The Bertz CT molecular complexity index is 240. The number of epoxide rings is 1. The second kappa shape index (κ2) is 7.12. The summed E-state index contributed by atoms with van der Waals surface area (Å²) in [4.78, 5) is 0. The van der Waals surface area contributed by atoms with Crippen molar-refractivity contribution in [1.82, 2.24) is 0 Å². The molecule has 6 heteroatoms. The molecular weight excluding hydrogens is 240 g/mol. The normalized spacial score (nSPS) is 20.5. The maximum Gasteiger partial charge on any atom is 0.507 e. The Kier molecular flexibility index (Phi) is 6.14. The Balaban J connectivity index is 2.53. The Hall–Kier alpha value is -0.403. The molecule has 1 rings (SSSR count). The van der Waals surface area contributed by atoms with E-state index in [0.29, 0.717) is 12.7 Å². The molecule has 0 aromatic carbocycles. The minimum atomic E-state index is -2.60. The van der Waals surface area contributed by atoms with Crippen LogP contribution >= 0.6 is 0 Å². The topological polar surface area (TPSA) is 49.5 Å². The molecule has 5 nitrogen and oxygen atoms in total. The number of ether oxygens (including phenoxy) is 2. The zero-order valence-corrected chi connectivity index (χ0v) is 12.0. The third-order valence-electron chi connectivity index (χ3n) is 2.61. The van der Waals surface area contributed by atoms with E-state index in [4.69, 9.17) is 22.8 Å². The van der Waals surface area contributed by atoms with Gasteiger partial charge in [-0.25, -0.2) is 0 Å². The predicted octanol–water partition coefficient (Wildman–Crippen LogP) is 1.57. The molecule has 0 amide bonds.